The van der Waals surface area contributed by atoms with E-state index in [2.05, 4.69) is 0 Å². The van der Waals surface area contributed by atoms with E-state index in [4.69, 9.17) is 9.47 Å². The summed E-state index contributed by atoms with van der Waals surface area (Å²) in [5.41, 5.74) is -0.120. The van der Waals surface area contributed by atoms with Crippen LogP contribution < -0.4 is 9.47 Å². The van der Waals surface area contributed by atoms with E-state index >= 15 is 0 Å². The fourth-order valence-electron chi connectivity index (χ4n) is 1.69. The molecule has 0 aliphatic carbocycles. The van der Waals surface area contributed by atoms with E-state index in [0.29, 0.717) is 10.6 Å². The highest BCUT2D eigenvalue weighted by molar-refractivity contribution is 7.14. The third-order valence-corrected chi connectivity index (χ3v) is 3.77. The van der Waals surface area contributed by atoms with Gasteiger partial charge in [-0.25, -0.2) is 0 Å². The van der Waals surface area contributed by atoms with E-state index in [9.17, 15) is 14.9 Å². The van der Waals surface area contributed by atoms with Crippen LogP contribution in [0.25, 0.3) is 0 Å². The van der Waals surface area contributed by atoms with Gasteiger partial charge in [0.15, 0.2) is 18.1 Å². The van der Waals surface area contributed by atoms with Crippen molar-refractivity contribution in [2.75, 3.05) is 13.7 Å². The molecule has 0 bridgehead atoms. The van der Waals surface area contributed by atoms with Crippen LogP contribution in [0.3, 0.4) is 0 Å². The number of hydrogen-bond acceptors (Lipinski definition) is 6. The fourth-order valence-corrected chi connectivity index (χ4v) is 2.48. The number of ether oxygens (including phenoxy) is 2. The highest BCUT2D eigenvalue weighted by Gasteiger charge is 2.15. The predicted octanol–water partition coefficient (Wildman–Crippen LogP) is 3.24. The quantitative estimate of drug-likeness (QED) is 0.465. The number of hydrogen-bond donors (Lipinski definition) is 0. The molecule has 0 spiro atoms. The molecule has 2 aromatic rings. The van der Waals surface area contributed by atoms with Gasteiger partial charge in [0.05, 0.1) is 23.0 Å². The first-order valence-electron chi connectivity index (χ1n) is 6.06. The van der Waals surface area contributed by atoms with Crippen LogP contribution in [-0.2, 0) is 0 Å². The summed E-state index contributed by atoms with van der Waals surface area (Å²) in [5, 5.41) is 10.8. The summed E-state index contributed by atoms with van der Waals surface area (Å²) in [6.07, 6.45) is 0. The number of nitro benzene ring substituents is 1. The van der Waals surface area contributed by atoms with E-state index in [1.165, 1.54) is 36.6 Å². The molecule has 0 amide bonds. The van der Waals surface area contributed by atoms with E-state index in [1.54, 1.807) is 6.07 Å². The molecule has 21 heavy (non-hydrogen) atoms. The predicted molar refractivity (Wildman–Crippen MR) is 78.5 cm³/mol. The number of aryl methyl sites for hydroxylation is 1. The second kappa shape index (κ2) is 6.36. The molecule has 0 radical (unpaired) electrons. The first kappa shape index (κ1) is 15.0. The Morgan fingerprint density at radius 3 is 2.62 bits per heavy atom. The lowest BCUT2D eigenvalue weighted by Crippen LogP contribution is -2.10. The summed E-state index contributed by atoms with van der Waals surface area (Å²) >= 11 is 1.38. The lowest BCUT2D eigenvalue weighted by Gasteiger charge is -2.09. The Balaban J connectivity index is 2.13. The monoisotopic (exact) mass is 307 g/mol. The van der Waals surface area contributed by atoms with E-state index in [-0.39, 0.29) is 23.8 Å². The van der Waals surface area contributed by atoms with Gasteiger partial charge in [0.1, 0.15) is 0 Å². The van der Waals surface area contributed by atoms with Crippen molar-refractivity contribution in [3.63, 3.8) is 0 Å². The smallest absolute Gasteiger partial charge is 0.273 e. The number of carbonyl (C=O) groups excluding carboxylic acids is 1. The van der Waals surface area contributed by atoms with Crippen LogP contribution >= 0.6 is 11.3 Å². The minimum atomic E-state index is -0.531. The molecule has 110 valence electrons. The van der Waals surface area contributed by atoms with Crippen LogP contribution in [0.1, 0.15) is 14.5 Å². The largest absolute Gasteiger partial charge is 0.493 e. The van der Waals surface area contributed by atoms with Crippen LogP contribution in [0, 0.1) is 17.0 Å². The molecule has 0 saturated carbocycles. The standard InChI is InChI=1S/C14H13NO5S/c1-9-3-6-14(21-9)11(16)8-20-13-7-10(15(17)18)4-5-12(13)19-2/h3-7H,8H2,1-2H3. The van der Waals surface area contributed by atoms with Gasteiger partial charge in [-0.2, -0.15) is 0 Å². The minimum absolute atomic E-state index is 0.120. The second-order valence-electron chi connectivity index (χ2n) is 4.21. The number of thiophene rings is 1. The van der Waals surface area contributed by atoms with Crippen molar-refractivity contribution in [2.45, 2.75) is 6.92 Å². The molecular formula is C14H13NO5S. The number of non-ortho nitro benzene ring substituents is 1. The normalized spacial score (nSPS) is 10.2. The average molecular weight is 307 g/mol. The number of benzene rings is 1. The third-order valence-electron chi connectivity index (χ3n) is 2.73. The zero-order valence-corrected chi connectivity index (χ0v) is 12.3. The van der Waals surface area contributed by atoms with Gasteiger partial charge in [0.2, 0.25) is 5.78 Å². The molecule has 1 aromatic heterocycles. The Hall–Kier alpha value is -2.41. The maximum atomic E-state index is 12.0. The van der Waals surface area contributed by atoms with Gasteiger partial charge in [0.25, 0.3) is 5.69 Å². The molecule has 0 unspecified atom stereocenters. The van der Waals surface area contributed by atoms with Gasteiger partial charge in [0, 0.05) is 10.9 Å². The number of nitrogens with zero attached hydrogens (tertiary/aromatic N) is 1. The Morgan fingerprint density at radius 2 is 2.05 bits per heavy atom. The van der Waals surface area contributed by atoms with Crippen molar-refractivity contribution < 1.29 is 19.2 Å². The third kappa shape index (κ3) is 3.57. The average Bonchev–Trinajstić information content (AvgIpc) is 2.91. The first-order chi connectivity index (χ1) is 10.0. The molecule has 0 N–H and O–H groups in total. The molecular weight excluding hydrogens is 294 g/mol. The van der Waals surface area contributed by atoms with Crippen molar-refractivity contribution in [2.24, 2.45) is 0 Å². The van der Waals surface area contributed by atoms with Crippen LogP contribution in [0.15, 0.2) is 30.3 Å². The van der Waals surface area contributed by atoms with Crippen LogP contribution in [0.4, 0.5) is 5.69 Å². The lowest BCUT2D eigenvalue weighted by atomic mass is 10.2. The first-order valence-corrected chi connectivity index (χ1v) is 6.88. The Morgan fingerprint density at radius 1 is 1.29 bits per heavy atom. The Kier molecular flexibility index (Phi) is 4.54. The number of methoxy groups -OCH3 is 1. The van der Waals surface area contributed by atoms with E-state index in [1.807, 2.05) is 13.0 Å². The summed E-state index contributed by atoms with van der Waals surface area (Å²) in [7, 11) is 1.43. The highest BCUT2D eigenvalue weighted by Crippen LogP contribution is 2.31. The van der Waals surface area contributed by atoms with E-state index in [0.717, 1.165) is 4.88 Å². The molecule has 7 heteroatoms. The topological polar surface area (TPSA) is 78.7 Å². The molecule has 0 aliphatic rings. The Labute approximate surface area is 125 Å². The molecule has 1 heterocycles. The van der Waals surface area contributed by atoms with Gasteiger partial charge in [-0.05, 0) is 25.1 Å². The summed E-state index contributed by atoms with van der Waals surface area (Å²) in [6.45, 7) is 1.71. The number of ketones is 1. The van der Waals surface area contributed by atoms with Gasteiger partial charge in [-0.1, -0.05) is 0 Å². The number of Topliss-reactive ketones (excluding diaryl/α,β-unsaturated/α-hetero) is 1. The summed E-state index contributed by atoms with van der Waals surface area (Å²) < 4.78 is 10.4. The SMILES string of the molecule is COc1ccc([N+](=O)[O-])cc1OCC(=O)c1ccc(C)s1. The molecule has 0 fully saturated rings. The molecule has 0 atom stereocenters. The molecule has 2 rings (SSSR count). The molecule has 6 nitrogen and oxygen atoms in total. The second-order valence-corrected chi connectivity index (χ2v) is 5.50. The fraction of sp³-hybridized carbons (Fsp3) is 0.214. The van der Waals surface area contributed by atoms with Crippen molar-refractivity contribution in [3.05, 3.63) is 50.2 Å². The highest BCUT2D eigenvalue weighted by atomic mass is 32.1. The summed E-state index contributed by atoms with van der Waals surface area (Å²) in [4.78, 5) is 23.8. The Bertz CT molecular complexity index is 680. The lowest BCUT2D eigenvalue weighted by molar-refractivity contribution is -0.385. The maximum Gasteiger partial charge on any atom is 0.273 e. The molecule has 1 aromatic carbocycles. The number of nitro groups is 1. The molecule has 0 saturated heterocycles. The number of rotatable bonds is 6. The van der Waals surface area contributed by atoms with Crippen molar-refractivity contribution >= 4 is 22.8 Å². The minimum Gasteiger partial charge on any atom is -0.493 e. The van der Waals surface area contributed by atoms with Crippen molar-refractivity contribution in [1.82, 2.24) is 0 Å². The summed E-state index contributed by atoms with van der Waals surface area (Å²) in [6, 6.07) is 7.58. The van der Waals surface area contributed by atoms with Crippen LogP contribution in [0.2, 0.25) is 0 Å². The van der Waals surface area contributed by atoms with Gasteiger partial charge >= 0.3 is 0 Å². The van der Waals surface area contributed by atoms with Crippen LogP contribution in [0.5, 0.6) is 11.5 Å². The van der Waals surface area contributed by atoms with E-state index < -0.39 is 4.92 Å². The van der Waals surface area contributed by atoms with Gasteiger partial charge < -0.3 is 9.47 Å². The number of carbonyl (C=O) groups is 1. The maximum absolute atomic E-state index is 12.0. The van der Waals surface area contributed by atoms with Crippen LogP contribution in [-0.4, -0.2) is 24.4 Å². The summed E-state index contributed by atoms with van der Waals surface area (Å²) in [5.74, 6) is 0.339. The zero-order valence-electron chi connectivity index (χ0n) is 11.5. The van der Waals surface area contributed by atoms with Crippen molar-refractivity contribution in [3.8, 4) is 11.5 Å². The van der Waals surface area contributed by atoms with Gasteiger partial charge in [-0.15, -0.1) is 11.3 Å². The van der Waals surface area contributed by atoms with Gasteiger partial charge in [-0.3, -0.25) is 14.9 Å². The zero-order chi connectivity index (χ0) is 15.4. The molecule has 0 aliphatic heterocycles. The van der Waals surface area contributed by atoms with Crippen molar-refractivity contribution in [1.29, 1.82) is 0 Å².